The van der Waals surface area contributed by atoms with E-state index in [1.165, 1.54) is 33.3 Å². The zero-order valence-electron chi connectivity index (χ0n) is 11.3. The summed E-state index contributed by atoms with van der Waals surface area (Å²) in [6.07, 6.45) is -2.84. The molecule has 0 heterocycles. The molecule has 0 fully saturated rings. The second-order valence-corrected chi connectivity index (χ2v) is 3.89. The van der Waals surface area contributed by atoms with E-state index in [0.717, 1.165) is 7.11 Å². The Morgan fingerprint density at radius 1 is 1.26 bits per heavy atom. The Balaban J connectivity index is 3.41. The van der Waals surface area contributed by atoms with Crippen molar-refractivity contribution in [3.63, 3.8) is 0 Å². The summed E-state index contributed by atoms with van der Waals surface area (Å²) in [4.78, 5) is 11.4. The van der Waals surface area contributed by atoms with Crippen molar-refractivity contribution >= 4 is 5.97 Å². The van der Waals surface area contributed by atoms with E-state index < -0.39 is 18.2 Å². The summed E-state index contributed by atoms with van der Waals surface area (Å²) in [5.41, 5.74) is 0.379. The molecule has 0 aliphatic rings. The van der Waals surface area contributed by atoms with Crippen molar-refractivity contribution in [3.05, 3.63) is 23.3 Å². The van der Waals surface area contributed by atoms with Crippen LogP contribution < -0.4 is 9.47 Å². The lowest BCUT2D eigenvalue weighted by Gasteiger charge is -2.18. The van der Waals surface area contributed by atoms with Crippen LogP contribution in [0.3, 0.4) is 0 Å². The van der Waals surface area contributed by atoms with E-state index >= 15 is 0 Å². The number of rotatable bonds is 5. The van der Waals surface area contributed by atoms with Gasteiger partial charge in [-0.15, -0.1) is 0 Å². The van der Waals surface area contributed by atoms with Crippen LogP contribution in [0, 0.1) is 0 Å². The summed E-state index contributed by atoms with van der Waals surface area (Å²) < 4.78 is 28.1. The quantitative estimate of drug-likeness (QED) is 0.830. The normalized spacial score (nSPS) is 13.6. The minimum atomic E-state index is -1.56. The molecule has 0 saturated carbocycles. The predicted octanol–water partition coefficient (Wildman–Crippen LogP) is 1.94. The van der Waals surface area contributed by atoms with E-state index in [2.05, 4.69) is 4.74 Å². The van der Waals surface area contributed by atoms with Crippen molar-refractivity contribution in [2.24, 2.45) is 0 Å². The summed E-state index contributed by atoms with van der Waals surface area (Å²) in [7, 11) is 3.90. The highest BCUT2D eigenvalue weighted by atomic mass is 19.1. The molecule has 1 aromatic carbocycles. The number of halogens is 1. The van der Waals surface area contributed by atoms with Gasteiger partial charge >= 0.3 is 5.97 Å². The number of aliphatic hydroxyl groups is 1. The minimum Gasteiger partial charge on any atom is -0.493 e. The highest BCUT2D eigenvalue weighted by Crippen LogP contribution is 2.38. The molecule has 1 aromatic rings. The SMILES string of the molecule is COC(=O)C(O)c1cc(C(C)F)cc(OC)c1OC. The van der Waals surface area contributed by atoms with Gasteiger partial charge in [-0.1, -0.05) is 0 Å². The van der Waals surface area contributed by atoms with Crippen LogP contribution in [-0.2, 0) is 9.53 Å². The first kappa shape index (κ1) is 15.2. The Bertz CT molecular complexity index is 459. The molecule has 1 N–H and O–H groups in total. The maximum absolute atomic E-state index is 13.4. The molecule has 106 valence electrons. The van der Waals surface area contributed by atoms with Gasteiger partial charge in [0.1, 0.15) is 6.17 Å². The summed E-state index contributed by atoms with van der Waals surface area (Å²) in [5, 5.41) is 9.89. The lowest BCUT2D eigenvalue weighted by molar-refractivity contribution is -0.150. The van der Waals surface area contributed by atoms with Crippen molar-refractivity contribution in [1.29, 1.82) is 0 Å². The molecule has 0 aliphatic heterocycles. The fourth-order valence-corrected chi connectivity index (χ4v) is 1.69. The van der Waals surface area contributed by atoms with Crippen LogP contribution >= 0.6 is 0 Å². The Hall–Kier alpha value is -1.82. The van der Waals surface area contributed by atoms with Gasteiger partial charge in [0.15, 0.2) is 17.6 Å². The van der Waals surface area contributed by atoms with Crippen molar-refractivity contribution in [3.8, 4) is 11.5 Å². The smallest absolute Gasteiger partial charge is 0.339 e. The zero-order valence-corrected chi connectivity index (χ0v) is 11.3. The molecule has 2 unspecified atom stereocenters. The van der Waals surface area contributed by atoms with Gasteiger partial charge in [0.25, 0.3) is 0 Å². The van der Waals surface area contributed by atoms with Crippen molar-refractivity contribution in [1.82, 2.24) is 0 Å². The fraction of sp³-hybridized carbons (Fsp3) is 0.462. The molecule has 0 bridgehead atoms. The number of alkyl halides is 1. The number of esters is 1. The number of aliphatic hydroxyl groups excluding tert-OH is 1. The first-order valence-electron chi connectivity index (χ1n) is 5.62. The molecule has 0 saturated heterocycles. The first-order valence-corrected chi connectivity index (χ1v) is 5.62. The largest absolute Gasteiger partial charge is 0.493 e. The van der Waals surface area contributed by atoms with Crippen LogP contribution in [0.25, 0.3) is 0 Å². The van der Waals surface area contributed by atoms with E-state index in [1.54, 1.807) is 0 Å². The number of methoxy groups -OCH3 is 3. The third-order valence-electron chi connectivity index (χ3n) is 2.71. The van der Waals surface area contributed by atoms with E-state index in [4.69, 9.17) is 9.47 Å². The molecule has 0 aliphatic carbocycles. The van der Waals surface area contributed by atoms with Crippen LogP contribution in [-0.4, -0.2) is 32.4 Å². The van der Waals surface area contributed by atoms with E-state index in [1.807, 2.05) is 0 Å². The number of hydrogen-bond donors (Lipinski definition) is 1. The summed E-state index contributed by atoms with van der Waals surface area (Å²) in [6.45, 7) is 1.34. The molecule has 0 radical (unpaired) electrons. The molecule has 1 rings (SSSR count). The van der Waals surface area contributed by atoms with Gasteiger partial charge in [-0.3, -0.25) is 0 Å². The van der Waals surface area contributed by atoms with Crippen LogP contribution in [0.5, 0.6) is 11.5 Å². The van der Waals surface area contributed by atoms with Gasteiger partial charge in [0, 0.05) is 5.56 Å². The van der Waals surface area contributed by atoms with Gasteiger partial charge in [-0.25, -0.2) is 9.18 Å². The highest BCUT2D eigenvalue weighted by molar-refractivity contribution is 5.78. The van der Waals surface area contributed by atoms with Gasteiger partial charge in [0.2, 0.25) is 0 Å². The third-order valence-corrected chi connectivity index (χ3v) is 2.71. The van der Waals surface area contributed by atoms with E-state index in [-0.39, 0.29) is 22.6 Å². The number of carbonyl (C=O) groups is 1. The Labute approximate surface area is 110 Å². The van der Waals surface area contributed by atoms with E-state index in [9.17, 15) is 14.3 Å². The standard InChI is InChI=1S/C13H17FO5/c1-7(14)8-5-9(11(15)13(16)19-4)12(18-3)10(6-8)17-2/h5-7,11,15H,1-4H3. The van der Waals surface area contributed by atoms with Crippen LogP contribution in [0.1, 0.15) is 30.3 Å². The average molecular weight is 272 g/mol. The van der Waals surface area contributed by atoms with Gasteiger partial charge < -0.3 is 19.3 Å². The minimum absolute atomic E-state index is 0.105. The maximum atomic E-state index is 13.4. The van der Waals surface area contributed by atoms with Crippen molar-refractivity contribution < 1.29 is 28.5 Å². The van der Waals surface area contributed by atoms with Crippen LogP contribution in [0.2, 0.25) is 0 Å². The summed E-state index contributed by atoms with van der Waals surface area (Å²) in [5.74, 6) is -0.448. The molecule has 2 atom stereocenters. The summed E-state index contributed by atoms with van der Waals surface area (Å²) >= 11 is 0. The monoisotopic (exact) mass is 272 g/mol. The molecular formula is C13H17FO5. The zero-order chi connectivity index (χ0) is 14.6. The van der Waals surface area contributed by atoms with E-state index in [0.29, 0.717) is 0 Å². The van der Waals surface area contributed by atoms with Gasteiger partial charge in [0.05, 0.1) is 21.3 Å². The molecule has 0 spiro atoms. The second kappa shape index (κ2) is 6.38. The lowest BCUT2D eigenvalue weighted by Crippen LogP contribution is -2.15. The highest BCUT2D eigenvalue weighted by Gasteiger charge is 2.26. The number of carbonyl (C=O) groups excluding carboxylic acids is 1. The molecule has 5 nitrogen and oxygen atoms in total. The Morgan fingerprint density at radius 2 is 1.89 bits per heavy atom. The van der Waals surface area contributed by atoms with Crippen LogP contribution in [0.4, 0.5) is 4.39 Å². The van der Waals surface area contributed by atoms with Gasteiger partial charge in [-0.05, 0) is 24.6 Å². The topological polar surface area (TPSA) is 65.0 Å². The fourth-order valence-electron chi connectivity index (χ4n) is 1.69. The maximum Gasteiger partial charge on any atom is 0.339 e. The lowest BCUT2D eigenvalue weighted by atomic mass is 10.0. The molecule has 0 amide bonds. The molecule has 6 heteroatoms. The predicted molar refractivity (Wildman–Crippen MR) is 66.0 cm³/mol. The number of hydrogen-bond acceptors (Lipinski definition) is 5. The van der Waals surface area contributed by atoms with Gasteiger partial charge in [-0.2, -0.15) is 0 Å². The first-order chi connectivity index (χ1) is 8.96. The third kappa shape index (κ3) is 3.14. The molecule has 19 heavy (non-hydrogen) atoms. The van der Waals surface area contributed by atoms with Crippen molar-refractivity contribution in [2.75, 3.05) is 21.3 Å². The van der Waals surface area contributed by atoms with Crippen LogP contribution in [0.15, 0.2) is 12.1 Å². The molecular weight excluding hydrogens is 255 g/mol. The number of ether oxygens (including phenoxy) is 3. The average Bonchev–Trinajstić information content (AvgIpc) is 2.43. The Morgan fingerprint density at radius 3 is 2.32 bits per heavy atom. The summed E-state index contributed by atoms with van der Waals surface area (Å²) in [6, 6.07) is 2.81. The number of benzene rings is 1. The second-order valence-electron chi connectivity index (χ2n) is 3.89. The van der Waals surface area contributed by atoms with Crippen molar-refractivity contribution in [2.45, 2.75) is 19.2 Å². The Kier molecular flexibility index (Phi) is 5.11. The molecule has 0 aromatic heterocycles.